The third kappa shape index (κ3) is 6.12. The number of nitrogens with one attached hydrogen (secondary N) is 1. The highest BCUT2D eigenvalue weighted by atomic mass is 35.5. The van der Waals surface area contributed by atoms with Crippen LogP contribution in [-0.4, -0.2) is 17.9 Å². The van der Waals surface area contributed by atoms with Crippen LogP contribution in [0, 0.1) is 0 Å². The van der Waals surface area contributed by atoms with E-state index in [9.17, 15) is 4.79 Å². The average molecular weight is 442 g/mol. The Bertz CT molecular complexity index is 914. The lowest BCUT2D eigenvalue weighted by molar-refractivity contribution is -0.109. The van der Waals surface area contributed by atoms with Gasteiger partial charge in [-0.15, -0.1) is 0 Å². The molecule has 0 atom stereocenters. The van der Waals surface area contributed by atoms with Crippen LogP contribution in [-0.2, 0) is 4.79 Å². The third-order valence-corrected chi connectivity index (χ3v) is 4.50. The number of pyridine rings is 1. The van der Waals surface area contributed by atoms with Crippen LogP contribution in [0.3, 0.4) is 0 Å². The standard InChI is InChI=1S/C17H9Cl4N.C3H7NO/c18-11-3-1-10(2-4-11)13-7-8-16(21)22-17(13)14-6-5-12(19)9-15(14)20;1-2-4-3-5/h1-9H;3H,2H2,1H3,(H,4,5). The summed E-state index contributed by atoms with van der Waals surface area (Å²) in [7, 11) is 0. The number of carbonyl (C=O) groups excluding carboxylic acids is 1. The summed E-state index contributed by atoms with van der Waals surface area (Å²) < 4.78 is 0. The van der Waals surface area contributed by atoms with Crippen LogP contribution in [0.25, 0.3) is 22.4 Å². The van der Waals surface area contributed by atoms with Crippen molar-refractivity contribution >= 4 is 52.8 Å². The van der Waals surface area contributed by atoms with Crippen LogP contribution in [0.2, 0.25) is 20.2 Å². The molecule has 3 aromatic rings. The van der Waals surface area contributed by atoms with Crippen LogP contribution in [0.4, 0.5) is 0 Å². The van der Waals surface area contributed by atoms with Gasteiger partial charge in [-0.3, -0.25) is 4.79 Å². The summed E-state index contributed by atoms with van der Waals surface area (Å²) >= 11 is 24.3. The summed E-state index contributed by atoms with van der Waals surface area (Å²) in [6, 6.07) is 16.5. The molecule has 27 heavy (non-hydrogen) atoms. The minimum atomic E-state index is 0.402. The lowest BCUT2D eigenvalue weighted by Gasteiger charge is -2.11. The second-order valence-electron chi connectivity index (χ2n) is 5.34. The molecule has 1 aromatic heterocycles. The lowest BCUT2D eigenvalue weighted by atomic mass is 9.99. The molecule has 0 saturated carbocycles. The van der Waals surface area contributed by atoms with E-state index >= 15 is 0 Å². The van der Waals surface area contributed by atoms with Crippen molar-refractivity contribution in [2.75, 3.05) is 6.54 Å². The molecular weight excluding hydrogens is 426 g/mol. The van der Waals surface area contributed by atoms with Gasteiger partial charge in [0.05, 0.1) is 10.7 Å². The Hall–Kier alpha value is -1.78. The predicted octanol–water partition coefficient (Wildman–Crippen LogP) is 6.78. The topological polar surface area (TPSA) is 42.0 Å². The normalized spacial score (nSPS) is 9.96. The first-order valence-corrected chi connectivity index (χ1v) is 9.52. The van der Waals surface area contributed by atoms with Crippen LogP contribution in [0.5, 0.6) is 0 Å². The summed E-state index contributed by atoms with van der Waals surface area (Å²) in [6.45, 7) is 2.60. The third-order valence-electron chi connectivity index (χ3n) is 3.49. The molecule has 0 aliphatic rings. The summed E-state index contributed by atoms with van der Waals surface area (Å²) in [5, 5.41) is 4.61. The van der Waals surface area contributed by atoms with Crippen molar-refractivity contribution in [3.63, 3.8) is 0 Å². The molecule has 0 unspecified atom stereocenters. The first-order chi connectivity index (χ1) is 13.0. The van der Waals surface area contributed by atoms with Gasteiger partial charge in [-0.2, -0.15) is 0 Å². The molecule has 140 valence electrons. The van der Waals surface area contributed by atoms with Crippen LogP contribution >= 0.6 is 46.4 Å². The van der Waals surface area contributed by atoms with Gasteiger partial charge in [-0.25, -0.2) is 4.98 Å². The van der Waals surface area contributed by atoms with Crippen molar-refractivity contribution in [2.24, 2.45) is 0 Å². The number of amides is 1. The van der Waals surface area contributed by atoms with Gasteiger partial charge in [0.2, 0.25) is 6.41 Å². The molecule has 0 aliphatic carbocycles. The zero-order valence-corrected chi connectivity index (χ0v) is 17.4. The van der Waals surface area contributed by atoms with Crippen molar-refractivity contribution in [3.8, 4) is 22.4 Å². The molecule has 3 nitrogen and oxygen atoms in total. The Morgan fingerprint density at radius 1 is 0.889 bits per heavy atom. The molecule has 2 aromatic carbocycles. The van der Waals surface area contributed by atoms with Gasteiger partial charge in [0, 0.05) is 27.7 Å². The van der Waals surface area contributed by atoms with E-state index in [1.165, 1.54) is 0 Å². The Morgan fingerprint density at radius 2 is 1.52 bits per heavy atom. The van der Waals surface area contributed by atoms with E-state index < -0.39 is 0 Å². The van der Waals surface area contributed by atoms with E-state index in [1.807, 2.05) is 43.3 Å². The van der Waals surface area contributed by atoms with E-state index in [2.05, 4.69) is 10.3 Å². The minimum Gasteiger partial charge on any atom is -0.359 e. The molecule has 0 bridgehead atoms. The van der Waals surface area contributed by atoms with Gasteiger partial charge in [0.25, 0.3) is 0 Å². The van der Waals surface area contributed by atoms with E-state index in [-0.39, 0.29) is 0 Å². The Kier molecular flexibility index (Phi) is 8.39. The maximum absolute atomic E-state index is 9.29. The monoisotopic (exact) mass is 440 g/mol. The Morgan fingerprint density at radius 3 is 2.07 bits per heavy atom. The molecule has 1 amide bonds. The van der Waals surface area contributed by atoms with Crippen molar-refractivity contribution in [3.05, 3.63) is 74.8 Å². The minimum absolute atomic E-state index is 0.402. The van der Waals surface area contributed by atoms with Crippen molar-refractivity contribution in [2.45, 2.75) is 6.92 Å². The SMILES string of the molecule is CCNC=O.Clc1ccc(-c2ccc(Cl)nc2-c2ccc(Cl)cc2Cl)cc1. The van der Waals surface area contributed by atoms with Gasteiger partial charge < -0.3 is 5.32 Å². The Labute approximate surface area is 178 Å². The molecule has 0 radical (unpaired) electrons. The van der Waals surface area contributed by atoms with Gasteiger partial charge in [-0.05, 0) is 55.0 Å². The molecule has 3 rings (SSSR count). The zero-order valence-electron chi connectivity index (χ0n) is 14.3. The second-order valence-corrected chi connectivity index (χ2v) is 7.00. The fourth-order valence-corrected chi connectivity index (χ4v) is 3.04. The molecule has 1 heterocycles. The molecule has 0 aliphatic heterocycles. The lowest BCUT2D eigenvalue weighted by Crippen LogP contribution is -2.07. The second kappa shape index (κ2) is 10.5. The zero-order chi connectivity index (χ0) is 19.8. The maximum atomic E-state index is 9.29. The van der Waals surface area contributed by atoms with Crippen LogP contribution in [0.15, 0.2) is 54.6 Å². The largest absolute Gasteiger partial charge is 0.359 e. The number of halogens is 4. The highest BCUT2D eigenvalue weighted by Crippen LogP contribution is 2.36. The fraction of sp³-hybridized carbons (Fsp3) is 0.100. The van der Waals surface area contributed by atoms with E-state index in [1.54, 1.807) is 18.2 Å². The van der Waals surface area contributed by atoms with Gasteiger partial charge in [0.1, 0.15) is 5.15 Å². The first kappa shape index (κ1) is 21.5. The average Bonchev–Trinajstić information content (AvgIpc) is 2.64. The fourth-order valence-electron chi connectivity index (χ4n) is 2.27. The number of rotatable bonds is 4. The Balaban J connectivity index is 0.000000465. The van der Waals surface area contributed by atoms with Gasteiger partial charge in [0.15, 0.2) is 0 Å². The van der Waals surface area contributed by atoms with Crippen molar-refractivity contribution in [1.82, 2.24) is 10.3 Å². The molecular formula is C20H16Cl4N2O. The molecule has 0 saturated heterocycles. The number of nitrogens with zero attached hydrogens (tertiary/aromatic N) is 1. The highest BCUT2D eigenvalue weighted by molar-refractivity contribution is 6.36. The summed E-state index contributed by atoms with van der Waals surface area (Å²) in [5.74, 6) is 0. The van der Waals surface area contributed by atoms with Crippen molar-refractivity contribution in [1.29, 1.82) is 0 Å². The summed E-state index contributed by atoms with van der Waals surface area (Å²) in [6.07, 6.45) is 0.681. The number of hydrogen-bond donors (Lipinski definition) is 1. The molecule has 7 heteroatoms. The number of carbonyl (C=O) groups is 1. The summed E-state index contributed by atoms with van der Waals surface area (Å²) in [5.41, 5.74) is 3.38. The van der Waals surface area contributed by atoms with E-state index in [0.717, 1.165) is 23.2 Å². The molecule has 0 fully saturated rings. The number of benzene rings is 2. The number of hydrogen-bond acceptors (Lipinski definition) is 2. The number of aromatic nitrogens is 1. The molecule has 0 spiro atoms. The highest BCUT2D eigenvalue weighted by Gasteiger charge is 2.13. The van der Waals surface area contributed by atoms with Gasteiger partial charge in [-0.1, -0.05) is 58.5 Å². The van der Waals surface area contributed by atoms with Gasteiger partial charge >= 0.3 is 0 Å². The maximum Gasteiger partial charge on any atom is 0.207 e. The van der Waals surface area contributed by atoms with Crippen LogP contribution in [0.1, 0.15) is 6.92 Å². The van der Waals surface area contributed by atoms with Crippen molar-refractivity contribution < 1.29 is 4.79 Å². The summed E-state index contributed by atoms with van der Waals surface area (Å²) in [4.78, 5) is 13.7. The van der Waals surface area contributed by atoms with E-state index in [0.29, 0.717) is 32.3 Å². The van der Waals surface area contributed by atoms with Crippen LogP contribution < -0.4 is 5.32 Å². The predicted molar refractivity (Wildman–Crippen MR) is 115 cm³/mol. The molecule has 1 N–H and O–H groups in total. The van der Waals surface area contributed by atoms with E-state index in [4.69, 9.17) is 46.4 Å². The quantitative estimate of drug-likeness (QED) is 0.358. The first-order valence-electron chi connectivity index (χ1n) is 8.01. The smallest absolute Gasteiger partial charge is 0.207 e.